The average Bonchev–Trinajstić information content (AvgIpc) is 3.71. The van der Waals surface area contributed by atoms with E-state index < -0.39 is 17.6 Å². The predicted octanol–water partition coefficient (Wildman–Crippen LogP) is 6.39. The fraction of sp³-hybridized carbons (Fsp3) is 0.286. The van der Waals surface area contributed by atoms with E-state index in [1.54, 1.807) is 55.6 Å². The van der Waals surface area contributed by atoms with E-state index >= 15 is 0 Å². The number of cyclic esters (lactones) is 1. The number of carbonyl (C=O) groups is 2. The van der Waals surface area contributed by atoms with Crippen molar-refractivity contribution in [1.29, 1.82) is 0 Å². The first-order valence-electron chi connectivity index (χ1n) is 15.8. The van der Waals surface area contributed by atoms with Crippen LogP contribution in [0.4, 0.5) is 29.6 Å². The van der Waals surface area contributed by atoms with Gasteiger partial charge in [0, 0.05) is 60.4 Å². The number of anilines is 2. The quantitative estimate of drug-likeness (QED) is 0.181. The lowest BCUT2D eigenvalue weighted by Crippen LogP contribution is -2.41. The summed E-state index contributed by atoms with van der Waals surface area (Å²) in [6.07, 6.45) is 1.18. The third-order valence-electron chi connectivity index (χ3n) is 8.98. The van der Waals surface area contributed by atoms with Crippen LogP contribution < -0.4 is 20.1 Å². The number of nitrogens with zero attached hydrogens (tertiary/aromatic N) is 5. The first-order valence-corrected chi connectivity index (χ1v) is 15.8. The molecule has 2 aromatic carbocycles. The van der Waals surface area contributed by atoms with Gasteiger partial charge in [0.05, 0.1) is 25.8 Å². The Morgan fingerprint density at radius 1 is 1.02 bits per heavy atom. The third-order valence-corrected chi connectivity index (χ3v) is 8.98. The smallest absolute Gasteiger partial charge is 0.416 e. The number of carbonyl (C=O) groups excluding carboxylic acids is 2. The summed E-state index contributed by atoms with van der Waals surface area (Å²) in [4.78, 5) is 40.8. The van der Waals surface area contributed by atoms with E-state index in [0.29, 0.717) is 53.8 Å². The molecule has 5 aromatic rings. The van der Waals surface area contributed by atoms with Crippen molar-refractivity contribution in [3.63, 3.8) is 0 Å². The average molecular weight is 688 g/mol. The highest BCUT2D eigenvalue weighted by Crippen LogP contribution is 2.38. The Balaban J connectivity index is 1.22. The normalized spacial score (nSPS) is 17.3. The van der Waals surface area contributed by atoms with E-state index in [1.807, 2.05) is 22.7 Å². The zero-order chi connectivity index (χ0) is 35.0. The van der Waals surface area contributed by atoms with Gasteiger partial charge in [-0.25, -0.2) is 19.7 Å². The van der Waals surface area contributed by atoms with E-state index in [-0.39, 0.29) is 29.4 Å². The number of piperidine rings is 1. The molecule has 0 spiro atoms. The molecule has 50 heavy (non-hydrogen) atoms. The number of hydrogen-bond donors (Lipinski definition) is 2. The molecule has 15 heteroatoms. The van der Waals surface area contributed by atoms with E-state index in [0.717, 1.165) is 42.6 Å². The van der Waals surface area contributed by atoms with Gasteiger partial charge in [-0.15, -0.1) is 0 Å². The van der Waals surface area contributed by atoms with Crippen molar-refractivity contribution in [2.24, 2.45) is 0 Å². The van der Waals surface area contributed by atoms with Crippen molar-refractivity contribution in [3.05, 3.63) is 95.7 Å². The number of nitrogens with one attached hydrogen (secondary N) is 2. The standard InChI is InChI=1S/C35H32F3N7O5/c1-48-26-10-8-22(27(16-26)49-2)17-41-31-30-29(43-32(44(30)14-13-40-31)23-7-9-25-19-50-34(47)45(25)18-23)20-3-5-21(6-4-20)33(46)42-28-15-24(11-12-39-28)35(36,37)38/h3-6,8,10-16,23,25H,7,9,17-19H2,1-2H3,(H,40,41)(H,39,42,46)/t23-,25-/m0/s1. The lowest BCUT2D eigenvalue weighted by atomic mass is 9.93. The fourth-order valence-electron chi connectivity index (χ4n) is 6.39. The second-order valence-corrected chi connectivity index (χ2v) is 12.0. The highest BCUT2D eigenvalue weighted by molar-refractivity contribution is 6.04. The molecule has 0 saturated carbocycles. The number of imidazole rings is 1. The van der Waals surface area contributed by atoms with Gasteiger partial charge in [-0.3, -0.25) is 9.20 Å². The molecule has 258 valence electrons. The van der Waals surface area contributed by atoms with E-state index in [2.05, 4.69) is 20.6 Å². The van der Waals surface area contributed by atoms with Gasteiger partial charge >= 0.3 is 12.3 Å². The van der Waals surface area contributed by atoms with E-state index in [1.165, 1.54) is 0 Å². The minimum absolute atomic E-state index is 0.0487. The maximum Gasteiger partial charge on any atom is 0.416 e. The molecule has 0 bridgehead atoms. The molecule has 2 aliphatic rings. The van der Waals surface area contributed by atoms with Gasteiger partial charge in [0.1, 0.15) is 41.0 Å². The van der Waals surface area contributed by atoms with Crippen LogP contribution in [0.15, 0.2) is 73.2 Å². The van der Waals surface area contributed by atoms with Crippen LogP contribution in [0.2, 0.25) is 0 Å². The topological polar surface area (TPSA) is 132 Å². The lowest BCUT2D eigenvalue weighted by Gasteiger charge is -2.32. The molecule has 0 radical (unpaired) electrons. The molecule has 5 heterocycles. The Morgan fingerprint density at radius 3 is 2.60 bits per heavy atom. The molecule has 2 atom stereocenters. The molecule has 7 rings (SSSR count). The zero-order valence-electron chi connectivity index (χ0n) is 27.0. The number of ether oxygens (including phenoxy) is 3. The van der Waals surface area contributed by atoms with Crippen molar-refractivity contribution in [3.8, 4) is 22.8 Å². The van der Waals surface area contributed by atoms with Gasteiger partial charge in [-0.1, -0.05) is 12.1 Å². The third kappa shape index (κ3) is 6.33. The summed E-state index contributed by atoms with van der Waals surface area (Å²) in [5, 5.41) is 5.87. The molecule has 0 unspecified atom stereocenters. The second kappa shape index (κ2) is 13.2. The molecule has 2 aliphatic heterocycles. The molecule has 2 fully saturated rings. The van der Waals surface area contributed by atoms with Crippen LogP contribution in [-0.2, 0) is 17.5 Å². The SMILES string of the molecule is COc1ccc(CNc2nccn3c([C@H]4CC[C@H]5COC(=O)N5C4)nc(-c4ccc(C(=O)Nc5cc(C(F)(F)F)ccn5)cc4)c23)c(OC)c1. The van der Waals surface area contributed by atoms with Crippen molar-refractivity contribution < 1.29 is 37.0 Å². The summed E-state index contributed by atoms with van der Waals surface area (Å²) in [6.45, 7) is 1.21. The van der Waals surface area contributed by atoms with Crippen LogP contribution in [0.5, 0.6) is 11.5 Å². The highest BCUT2D eigenvalue weighted by Gasteiger charge is 2.40. The van der Waals surface area contributed by atoms with Crippen LogP contribution in [0.3, 0.4) is 0 Å². The number of hydrogen-bond acceptors (Lipinski definition) is 9. The van der Waals surface area contributed by atoms with Crippen LogP contribution in [0.25, 0.3) is 16.8 Å². The summed E-state index contributed by atoms with van der Waals surface area (Å²) in [6, 6.07) is 13.8. The number of aromatic nitrogens is 4. The molecule has 12 nitrogen and oxygen atoms in total. The molecule has 3 aromatic heterocycles. The predicted molar refractivity (Wildman–Crippen MR) is 176 cm³/mol. The summed E-state index contributed by atoms with van der Waals surface area (Å²) < 4.78 is 57.7. The van der Waals surface area contributed by atoms with Gasteiger partial charge in [0.25, 0.3) is 5.91 Å². The molecular formula is C35H32F3N7O5. The van der Waals surface area contributed by atoms with Gasteiger partial charge in [-0.05, 0) is 49.2 Å². The van der Waals surface area contributed by atoms with Gasteiger partial charge in [0.15, 0.2) is 5.82 Å². The maximum atomic E-state index is 13.2. The number of pyridine rings is 1. The minimum Gasteiger partial charge on any atom is -0.497 e. The molecule has 2 N–H and O–H groups in total. The number of methoxy groups -OCH3 is 2. The summed E-state index contributed by atoms with van der Waals surface area (Å²) in [7, 11) is 3.17. The number of benzene rings is 2. The molecule has 2 saturated heterocycles. The lowest BCUT2D eigenvalue weighted by molar-refractivity contribution is -0.137. The van der Waals surface area contributed by atoms with Crippen LogP contribution in [0.1, 0.15) is 46.1 Å². The summed E-state index contributed by atoms with van der Waals surface area (Å²) in [5.41, 5.74) is 2.12. The largest absolute Gasteiger partial charge is 0.497 e. The summed E-state index contributed by atoms with van der Waals surface area (Å²) in [5.74, 6) is 1.68. The Bertz CT molecular complexity index is 2070. The number of amides is 2. The zero-order valence-corrected chi connectivity index (χ0v) is 27.0. The highest BCUT2D eigenvalue weighted by atomic mass is 19.4. The Morgan fingerprint density at radius 2 is 1.84 bits per heavy atom. The minimum atomic E-state index is -4.57. The van der Waals surface area contributed by atoms with Crippen LogP contribution in [0, 0.1) is 0 Å². The number of halogens is 3. The fourth-order valence-corrected chi connectivity index (χ4v) is 6.39. The van der Waals surface area contributed by atoms with Crippen molar-refractivity contribution in [2.75, 3.05) is 38.0 Å². The number of alkyl halides is 3. The van der Waals surface area contributed by atoms with Crippen LogP contribution >= 0.6 is 0 Å². The Labute approximate surface area is 284 Å². The number of fused-ring (bicyclic) bond motifs is 2. The van der Waals surface area contributed by atoms with Crippen molar-refractivity contribution >= 4 is 29.2 Å². The van der Waals surface area contributed by atoms with E-state index in [9.17, 15) is 22.8 Å². The summed E-state index contributed by atoms with van der Waals surface area (Å²) >= 11 is 0. The second-order valence-electron chi connectivity index (χ2n) is 12.0. The monoisotopic (exact) mass is 687 g/mol. The molecule has 2 amide bonds. The molecule has 0 aliphatic carbocycles. The first kappa shape index (κ1) is 32.7. The van der Waals surface area contributed by atoms with Gasteiger partial charge < -0.3 is 29.7 Å². The van der Waals surface area contributed by atoms with Crippen LogP contribution in [-0.4, -0.2) is 69.7 Å². The van der Waals surface area contributed by atoms with Crippen molar-refractivity contribution in [2.45, 2.75) is 37.5 Å². The number of rotatable bonds is 9. The Hall–Kier alpha value is -5.86. The first-order chi connectivity index (χ1) is 24.1. The molecular weight excluding hydrogens is 655 g/mol. The van der Waals surface area contributed by atoms with E-state index in [4.69, 9.17) is 19.2 Å². The van der Waals surface area contributed by atoms with Crippen molar-refractivity contribution in [1.82, 2.24) is 24.3 Å². The maximum absolute atomic E-state index is 13.2. The van der Waals surface area contributed by atoms with Gasteiger partial charge in [-0.2, -0.15) is 13.2 Å². The van der Waals surface area contributed by atoms with Gasteiger partial charge in [0.2, 0.25) is 0 Å². The Kier molecular flexibility index (Phi) is 8.64.